The minimum absolute atomic E-state index is 0.118. The summed E-state index contributed by atoms with van der Waals surface area (Å²) in [6, 6.07) is 13.5. The number of rotatable bonds is 7. The fraction of sp³-hybridized carbons (Fsp3) is 0.250. The van der Waals surface area contributed by atoms with Gasteiger partial charge >= 0.3 is 5.97 Å². The lowest BCUT2D eigenvalue weighted by Gasteiger charge is -2.17. The molecule has 2 aromatic carbocycles. The second kappa shape index (κ2) is 8.43. The van der Waals surface area contributed by atoms with E-state index in [-0.39, 0.29) is 24.8 Å². The molecule has 0 aliphatic carbocycles. The lowest BCUT2D eigenvalue weighted by atomic mass is 10.1. The molecule has 0 saturated carbocycles. The van der Waals surface area contributed by atoms with Gasteiger partial charge in [0.05, 0.1) is 13.0 Å². The third-order valence-corrected chi connectivity index (χ3v) is 4.34. The summed E-state index contributed by atoms with van der Waals surface area (Å²) in [5.41, 5.74) is 1.19. The highest BCUT2D eigenvalue weighted by Gasteiger charge is 2.35. The largest absolute Gasteiger partial charge is 0.497 e. The molecule has 0 aromatic heterocycles. The van der Waals surface area contributed by atoms with Crippen LogP contribution in [-0.4, -0.2) is 43.2 Å². The van der Waals surface area contributed by atoms with Crippen LogP contribution in [0.3, 0.4) is 0 Å². The number of benzene rings is 2. The summed E-state index contributed by atoms with van der Waals surface area (Å²) in [4.78, 5) is 37.1. The molecule has 1 fully saturated rings. The first-order valence-electron chi connectivity index (χ1n) is 8.66. The molecule has 146 valence electrons. The van der Waals surface area contributed by atoms with Gasteiger partial charge < -0.3 is 24.8 Å². The molecule has 1 atom stereocenters. The van der Waals surface area contributed by atoms with E-state index in [1.54, 1.807) is 60.5 Å². The summed E-state index contributed by atoms with van der Waals surface area (Å²) in [6.45, 7) is -0.183. The fourth-order valence-corrected chi connectivity index (χ4v) is 2.95. The van der Waals surface area contributed by atoms with Gasteiger partial charge in [-0.05, 0) is 36.4 Å². The first-order chi connectivity index (χ1) is 13.5. The molecule has 0 bridgehead atoms. The highest BCUT2D eigenvalue weighted by Crippen LogP contribution is 2.28. The van der Waals surface area contributed by atoms with E-state index in [1.807, 2.05) is 0 Å². The minimum Gasteiger partial charge on any atom is -0.497 e. The first kappa shape index (κ1) is 19.2. The maximum Gasteiger partial charge on any atom is 0.341 e. The Morgan fingerprint density at radius 1 is 1.18 bits per heavy atom. The van der Waals surface area contributed by atoms with Crippen molar-refractivity contribution in [2.75, 3.05) is 30.5 Å². The van der Waals surface area contributed by atoms with Gasteiger partial charge in [0.25, 0.3) is 0 Å². The number of amides is 2. The zero-order valence-electron chi connectivity index (χ0n) is 15.3. The summed E-state index contributed by atoms with van der Waals surface area (Å²) in [7, 11) is 1.57. The van der Waals surface area contributed by atoms with Crippen LogP contribution >= 0.6 is 0 Å². The van der Waals surface area contributed by atoms with Crippen LogP contribution in [0, 0.1) is 5.92 Å². The van der Waals surface area contributed by atoms with Crippen LogP contribution in [0.25, 0.3) is 0 Å². The van der Waals surface area contributed by atoms with E-state index in [0.717, 1.165) is 0 Å². The monoisotopic (exact) mass is 384 g/mol. The standard InChI is InChI=1S/C20H20N2O6/c1-27-16-7-5-15(6-8-16)22-11-13(9-18(22)23)20(26)21-14-3-2-4-17(10-14)28-12-19(24)25/h2-8,10,13H,9,11-12H2,1H3,(H,21,26)(H,24,25). The van der Waals surface area contributed by atoms with Gasteiger partial charge in [-0.25, -0.2) is 4.79 Å². The zero-order chi connectivity index (χ0) is 20.1. The molecule has 1 saturated heterocycles. The number of nitrogens with zero attached hydrogens (tertiary/aromatic N) is 1. The molecular formula is C20H20N2O6. The molecule has 1 unspecified atom stereocenters. The summed E-state index contributed by atoms with van der Waals surface area (Å²) in [5.74, 6) is -0.948. The van der Waals surface area contributed by atoms with E-state index < -0.39 is 18.5 Å². The molecule has 28 heavy (non-hydrogen) atoms. The Balaban J connectivity index is 1.63. The van der Waals surface area contributed by atoms with E-state index in [2.05, 4.69) is 5.32 Å². The van der Waals surface area contributed by atoms with Gasteiger partial charge in [-0.15, -0.1) is 0 Å². The Hall–Kier alpha value is -3.55. The van der Waals surface area contributed by atoms with Crippen LogP contribution in [0.1, 0.15) is 6.42 Å². The number of anilines is 2. The van der Waals surface area contributed by atoms with Crippen molar-refractivity contribution in [2.24, 2.45) is 5.92 Å². The van der Waals surface area contributed by atoms with Crippen LogP contribution in [0.4, 0.5) is 11.4 Å². The number of carboxylic acids is 1. The number of carbonyl (C=O) groups is 3. The van der Waals surface area contributed by atoms with Crippen LogP contribution in [-0.2, 0) is 14.4 Å². The molecule has 1 heterocycles. The number of aliphatic carboxylic acids is 1. The van der Waals surface area contributed by atoms with Crippen molar-refractivity contribution in [1.29, 1.82) is 0 Å². The topological polar surface area (TPSA) is 105 Å². The van der Waals surface area contributed by atoms with Crippen molar-refractivity contribution in [2.45, 2.75) is 6.42 Å². The van der Waals surface area contributed by atoms with Crippen molar-refractivity contribution in [1.82, 2.24) is 0 Å². The van der Waals surface area contributed by atoms with E-state index >= 15 is 0 Å². The van der Waals surface area contributed by atoms with Crippen molar-refractivity contribution in [3.05, 3.63) is 48.5 Å². The molecule has 0 spiro atoms. The Labute approximate surface area is 161 Å². The molecule has 2 aromatic rings. The predicted molar refractivity (Wildman–Crippen MR) is 102 cm³/mol. The Bertz CT molecular complexity index is 881. The number of nitrogens with one attached hydrogen (secondary N) is 1. The average Bonchev–Trinajstić information content (AvgIpc) is 3.08. The highest BCUT2D eigenvalue weighted by atomic mass is 16.5. The van der Waals surface area contributed by atoms with Crippen molar-refractivity contribution >= 4 is 29.2 Å². The molecule has 0 radical (unpaired) electrons. The number of carboxylic acid groups (broad SMARTS) is 1. The van der Waals surface area contributed by atoms with E-state index in [1.165, 1.54) is 0 Å². The molecule has 3 rings (SSSR count). The molecular weight excluding hydrogens is 364 g/mol. The second-order valence-corrected chi connectivity index (χ2v) is 6.30. The van der Waals surface area contributed by atoms with Crippen molar-refractivity contribution < 1.29 is 29.0 Å². The molecule has 1 aliphatic rings. The van der Waals surface area contributed by atoms with Gasteiger partial charge in [-0.3, -0.25) is 9.59 Å². The first-order valence-corrected chi connectivity index (χ1v) is 8.66. The molecule has 8 nitrogen and oxygen atoms in total. The van der Waals surface area contributed by atoms with Crippen LogP contribution in [0.5, 0.6) is 11.5 Å². The average molecular weight is 384 g/mol. The van der Waals surface area contributed by atoms with E-state index in [4.69, 9.17) is 14.6 Å². The van der Waals surface area contributed by atoms with Crippen molar-refractivity contribution in [3.8, 4) is 11.5 Å². The van der Waals surface area contributed by atoms with Gasteiger partial charge in [0, 0.05) is 30.4 Å². The van der Waals surface area contributed by atoms with Crippen molar-refractivity contribution in [3.63, 3.8) is 0 Å². The lowest BCUT2D eigenvalue weighted by molar-refractivity contribution is -0.139. The predicted octanol–water partition coefficient (Wildman–Crippen LogP) is 2.15. The summed E-state index contributed by atoms with van der Waals surface area (Å²) >= 11 is 0. The summed E-state index contributed by atoms with van der Waals surface area (Å²) in [6.07, 6.45) is 0.118. The van der Waals surface area contributed by atoms with Crippen LogP contribution < -0.4 is 19.7 Å². The van der Waals surface area contributed by atoms with Gasteiger partial charge in [0.15, 0.2) is 6.61 Å². The maximum atomic E-state index is 12.6. The number of methoxy groups -OCH3 is 1. The number of carbonyl (C=O) groups excluding carboxylic acids is 2. The fourth-order valence-electron chi connectivity index (χ4n) is 2.95. The zero-order valence-corrected chi connectivity index (χ0v) is 15.3. The van der Waals surface area contributed by atoms with E-state index in [9.17, 15) is 14.4 Å². The second-order valence-electron chi connectivity index (χ2n) is 6.30. The van der Waals surface area contributed by atoms with Crippen LogP contribution in [0.15, 0.2) is 48.5 Å². The minimum atomic E-state index is -1.09. The smallest absolute Gasteiger partial charge is 0.341 e. The summed E-state index contributed by atoms with van der Waals surface area (Å²) in [5, 5.41) is 11.4. The van der Waals surface area contributed by atoms with Gasteiger partial charge in [0.2, 0.25) is 11.8 Å². The van der Waals surface area contributed by atoms with Gasteiger partial charge in [-0.2, -0.15) is 0 Å². The van der Waals surface area contributed by atoms with Gasteiger partial charge in [-0.1, -0.05) is 6.07 Å². The summed E-state index contributed by atoms with van der Waals surface area (Å²) < 4.78 is 10.2. The Kier molecular flexibility index (Phi) is 5.78. The van der Waals surface area contributed by atoms with Crippen LogP contribution in [0.2, 0.25) is 0 Å². The quantitative estimate of drug-likeness (QED) is 0.758. The molecule has 8 heteroatoms. The molecule has 2 N–H and O–H groups in total. The third-order valence-electron chi connectivity index (χ3n) is 4.34. The van der Waals surface area contributed by atoms with Gasteiger partial charge in [0.1, 0.15) is 11.5 Å². The number of ether oxygens (including phenoxy) is 2. The SMILES string of the molecule is COc1ccc(N2CC(C(=O)Nc3cccc(OCC(=O)O)c3)CC2=O)cc1. The number of hydrogen-bond acceptors (Lipinski definition) is 5. The Morgan fingerprint density at radius 3 is 2.61 bits per heavy atom. The normalized spacial score (nSPS) is 16.0. The maximum absolute atomic E-state index is 12.6. The molecule has 2 amide bonds. The molecule has 1 aliphatic heterocycles. The highest BCUT2D eigenvalue weighted by molar-refractivity contribution is 6.03. The Morgan fingerprint density at radius 2 is 1.93 bits per heavy atom. The number of hydrogen-bond donors (Lipinski definition) is 2. The van der Waals surface area contributed by atoms with E-state index in [0.29, 0.717) is 22.9 Å². The third kappa shape index (κ3) is 4.59. The lowest BCUT2D eigenvalue weighted by Crippen LogP contribution is -2.28.